The molecule has 3 heterocycles. The fraction of sp³-hybridized carbons (Fsp3) is 0.286. The van der Waals surface area contributed by atoms with Crippen molar-refractivity contribution in [2.24, 2.45) is 0 Å². The third kappa shape index (κ3) is 4.26. The number of nitrogens with zero attached hydrogens (tertiary/aromatic N) is 2. The lowest BCUT2D eigenvalue weighted by Gasteiger charge is -2.13. The molecule has 1 aromatic carbocycles. The van der Waals surface area contributed by atoms with E-state index in [1.54, 1.807) is 48.5 Å². The quantitative estimate of drug-likeness (QED) is 0.629. The van der Waals surface area contributed by atoms with Crippen LogP contribution in [0.25, 0.3) is 10.2 Å². The molecule has 30 heavy (non-hydrogen) atoms. The van der Waals surface area contributed by atoms with Crippen LogP contribution in [0.15, 0.2) is 36.5 Å². The number of aromatic nitrogens is 1. The minimum atomic E-state index is -0.462. The molecule has 0 bridgehead atoms. The number of rotatable bonds is 5. The summed E-state index contributed by atoms with van der Waals surface area (Å²) in [5, 5.41) is 12.7. The van der Waals surface area contributed by atoms with E-state index in [2.05, 4.69) is 10.3 Å². The van der Waals surface area contributed by atoms with Crippen LogP contribution in [0.4, 0.5) is 0 Å². The van der Waals surface area contributed by atoms with Gasteiger partial charge in [-0.3, -0.25) is 14.6 Å². The first-order valence-corrected chi connectivity index (χ1v) is 10.7. The number of hydrogen-bond acceptors (Lipinski definition) is 6. The molecule has 3 aromatic rings. The molecule has 1 saturated heterocycles. The number of β-amino-alcohol motifs (C(OH)–C–C–N with tert-alkyl or cyclic N) is 1. The van der Waals surface area contributed by atoms with Crippen LogP contribution in [0.3, 0.4) is 0 Å². The van der Waals surface area contributed by atoms with E-state index in [4.69, 9.17) is 16.3 Å². The highest BCUT2D eigenvalue weighted by molar-refractivity contribution is 7.21. The summed E-state index contributed by atoms with van der Waals surface area (Å²) in [4.78, 5) is 30.9. The molecule has 4 rings (SSSR count). The maximum atomic E-state index is 12.7. The number of likely N-dealkylation sites (N-methyl/N-ethyl adjacent to an activating group) is 1. The van der Waals surface area contributed by atoms with Crippen LogP contribution in [0.5, 0.6) is 11.5 Å². The smallest absolute Gasteiger partial charge is 0.264 e. The largest absolute Gasteiger partial charge is 0.456 e. The zero-order valence-corrected chi connectivity index (χ0v) is 17.8. The number of nitrogens with one attached hydrogen (secondary N) is 1. The number of aliphatic hydroxyl groups is 1. The minimum absolute atomic E-state index is 0.109. The van der Waals surface area contributed by atoms with Crippen LogP contribution in [0.1, 0.15) is 21.7 Å². The van der Waals surface area contributed by atoms with Crippen molar-refractivity contribution in [3.05, 3.63) is 52.0 Å². The van der Waals surface area contributed by atoms with Gasteiger partial charge in [-0.25, -0.2) is 0 Å². The number of benzene rings is 1. The van der Waals surface area contributed by atoms with Crippen LogP contribution in [-0.2, 0) is 11.2 Å². The second-order valence-electron chi connectivity index (χ2n) is 7.03. The Kier molecular flexibility index (Phi) is 5.90. The van der Waals surface area contributed by atoms with E-state index in [0.717, 1.165) is 4.70 Å². The Hall–Kier alpha value is -2.68. The van der Waals surface area contributed by atoms with Crippen molar-refractivity contribution in [3.8, 4) is 11.5 Å². The maximum absolute atomic E-state index is 12.7. The van der Waals surface area contributed by atoms with E-state index in [9.17, 15) is 14.7 Å². The Morgan fingerprint density at radius 3 is 2.90 bits per heavy atom. The Bertz CT molecular complexity index is 1120. The van der Waals surface area contributed by atoms with E-state index in [-0.39, 0.29) is 18.2 Å². The molecule has 0 aliphatic carbocycles. The number of amides is 2. The molecule has 1 aliphatic rings. The van der Waals surface area contributed by atoms with Crippen molar-refractivity contribution < 1.29 is 19.4 Å². The molecule has 156 valence electrons. The van der Waals surface area contributed by atoms with Crippen molar-refractivity contribution in [2.75, 3.05) is 20.1 Å². The van der Waals surface area contributed by atoms with Crippen LogP contribution >= 0.6 is 22.9 Å². The van der Waals surface area contributed by atoms with E-state index >= 15 is 0 Å². The summed E-state index contributed by atoms with van der Waals surface area (Å²) in [6.45, 7) is 0.900. The van der Waals surface area contributed by atoms with Crippen molar-refractivity contribution in [2.45, 2.75) is 18.9 Å². The average molecular weight is 446 g/mol. The van der Waals surface area contributed by atoms with Crippen molar-refractivity contribution in [3.63, 3.8) is 0 Å². The van der Waals surface area contributed by atoms with Gasteiger partial charge < -0.3 is 20.1 Å². The van der Waals surface area contributed by atoms with Crippen molar-refractivity contribution in [1.82, 2.24) is 15.2 Å². The van der Waals surface area contributed by atoms with E-state index in [0.29, 0.717) is 52.0 Å². The lowest BCUT2D eigenvalue weighted by Crippen LogP contribution is -2.28. The first-order chi connectivity index (χ1) is 14.4. The summed E-state index contributed by atoms with van der Waals surface area (Å²) in [7, 11) is 1.58. The molecule has 9 heteroatoms. The van der Waals surface area contributed by atoms with Gasteiger partial charge >= 0.3 is 0 Å². The van der Waals surface area contributed by atoms with Gasteiger partial charge in [0, 0.05) is 37.4 Å². The average Bonchev–Trinajstić information content (AvgIpc) is 3.36. The number of ether oxygens (including phenoxy) is 1. The van der Waals surface area contributed by atoms with Gasteiger partial charge in [-0.1, -0.05) is 17.7 Å². The molecule has 1 atom stereocenters. The second kappa shape index (κ2) is 8.59. The Morgan fingerprint density at radius 1 is 1.37 bits per heavy atom. The molecular weight excluding hydrogens is 426 g/mol. The molecule has 0 spiro atoms. The number of aliphatic hydroxyl groups excluding tert-OH is 1. The molecule has 1 unspecified atom stereocenters. The van der Waals surface area contributed by atoms with Gasteiger partial charge in [0.2, 0.25) is 5.91 Å². The van der Waals surface area contributed by atoms with Gasteiger partial charge in [-0.15, -0.1) is 11.3 Å². The highest BCUT2D eigenvalue weighted by Gasteiger charge is 2.27. The molecule has 0 radical (unpaired) electrons. The third-order valence-corrected chi connectivity index (χ3v) is 6.40. The second-order valence-corrected chi connectivity index (χ2v) is 8.49. The lowest BCUT2D eigenvalue weighted by atomic mass is 10.1. The molecule has 0 saturated carbocycles. The van der Waals surface area contributed by atoms with Gasteiger partial charge in [0.15, 0.2) is 0 Å². The number of fused-ring (bicyclic) bond motifs is 1. The first-order valence-electron chi connectivity index (χ1n) is 9.47. The summed E-state index contributed by atoms with van der Waals surface area (Å²) in [6.07, 6.45) is 1.95. The molecular formula is C21H20ClN3O4S. The van der Waals surface area contributed by atoms with Gasteiger partial charge in [0.1, 0.15) is 11.5 Å². The summed E-state index contributed by atoms with van der Waals surface area (Å²) >= 11 is 7.62. The highest BCUT2D eigenvalue weighted by atomic mass is 35.5. The fourth-order valence-corrected chi connectivity index (χ4v) is 4.58. The van der Waals surface area contributed by atoms with Gasteiger partial charge in [-0.2, -0.15) is 0 Å². The number of carbonyl (C=O) groups excluding carboxylic acids is 2. The fourth-order valence-electron chi connectivity index (χ4n) is 3.31. The number of carbonyl (C=O) groups is 2. The normalized spacial score (nSPS) is 16.1. The first kappa shape index (κ1) is 20.6. The zero-order valence-electron chi connectivity index (χ0n) is 16.2. The Labute approximate surface area is 182 Å². The number of pyridine rings is 1. The standard InChI is InChI=1S/C21H20ClN3O4S/c1-23-19(27)8-12-2-3-14(9-15(12)22)29-17-4-6-24-16-10-18(30-20(16)17)21(28)25-7-5-13(26)11-25/h2-4,6,9-10,13,26H,5,7-8,11H2,1H3,(H,23,27). The number of hydrogen-bond donors (Lipinski definition) is 2. The maximum Gasteiger partial charge on any atom is 0.264 e. The van der Waals surface area contributed by atoms with Crippen LogP contribution < -0.4 is 10.1 Å². The Balaban J connectivity index is 1.57. The van der Waals surface area contributed by atoms with E-state index in [1.165, 1.54) is 11.3 Å². The third-order valence-electron chi connectivity index (χ3n) is 4.92. The minimum Gasteiger partial charge on any atom is -0.456 e. The molecule has 7 nitrogen and oxygen atoms in total. The van der Waals surface area contributed by atoms with E-state index in [1.807, 2.05) is 0 Å². The molecule has 2 amide bonds. The van der Waals surface area contributed by atoms with Gasteiger partial charge in [0.05, 0.1) is 27.6 Å². The lowest BCUT2D eigenvalue weighted by molar-refractivity contribution is -0.119. The number of thiophene rings is 1. The van der Waals surface area contributed by atoms with Crippen LogP contribution in [0, 0.1) is 0 Å². The van der Waals surface area contributed by atoms with Gasteiger partial charge in [0.25, 0.3) is 5.91 Å². The molecule has 1 aliphatic heterocycles. The van der Waals surface area contributed by atoms with Crippen molar-refractivity contribution >= 4 is 45.0 Å². The molecule has 2 aromatic heterocycles. The summed E-state index contributed by atoms with van der Waals surface area (Å²) in [5.74, 6) is 0.863. The zero-order chi connectivity index (χ0) is 21.3. The van der Waals surface area contributed by atoms with E-state index < -0.39 is 6.10 Å². The number of halogens is 1. The van der Waals surface area contributed by atoms with Crippen LogP contribution in [-0.4, -0.2) is 53.0 Å². The predicted octanol–water partition coefficient (Wildman–Crippen LogP) is 3.24. The summed E-state index contributed by atoms with van der Waals surface area (Å²) in [5.41, 5.74) is 1.38. The molecule has 2 N–H and O–H groups in total. The summed E-state index contributed by atoms with van der Waals surface area (Å²) < 4.78 is 6.77. The van der Waals surface area contributed by atoms with Gasteiger partial charge in [-0.05, 0) is 30.2 Å². The summed E-state index contributed by atoms with van der Waals surface area (Å²) in [6, 6.07) is 8.66. The monoisotopic (exact) mass is 445 g/mol. The number of likely N-dealkylation sites (tertiary alicyclic amines) is 1. The topological polar surface area (TPSA) is 91.8 Å². The predicted molar refractivity (Wildman–Crippen MR) is 115 cm³/mol. The SMILES string of the molecule is CNC(=O)Cc1ccc(Oc2ccnc3cc(C(=O)N4CCC(O)C4)sc23)cc1Cl. The van der Waals surface area contributed by atoms with Crippen LogP contribution in [0.2, 0.25) is 5.02 Å². The Morgan fingerprint density at radius 2 is 2.20 bits per heavy atom. The molecule has 1 fully saturated rings. The highest BCUT2D eigenvalue weighted by Crippen LogP contribution is 2.36. The van der Waals surface area contributed by atoms with Crippen molar-refractivity contribution in [1.29, 1.82) is 0 Å².